The van der Waals surface area contributed by atoms with Crippen LogP contribution in [0.2, 0.25) is 0 Å². The standard InChI is InChI=1S/C20H32N8O7S/c1-36-5-4-11(21)17(31)27-13(6-10-8-24-9-25-10)18(32)28-14(7-16(23)30)19(33)26-12(20(34)35)2-3-15(22)29/h8-9,11-14H,2-7,21H2,1H3,(H2,22,29)(H2,23,30)(H,24,25)(H,26,33)(H,27,31)(H,28,32)(H,34,35). The molecular weight excluding hydrogens is 496 g/mol. The topological polar surface area (TPSA) is 265 Å². The van der Waals surface area contributed by atoms with Crippen LogP contribution in [0, 0.1) is 0 Å². The average molecular weight is 529 g/mol. The molecule has 5 amide bonds. The molecule has 0 spiro atoms. The Hall–Kier alpha value is -3.66. The molecule has 0 fully saturated rings. The Morgan fingerprint density at radius 1 is 0.972 bits per heavy atom. The first kappa shape index (κ1) is 30.4. The molecule has 16 heteroatoms. The number of amides is 5. The van der Waals surface area contributed by atoms with Crippen molar-refractivity contribution in [2.45, 2.75) is 56.3 Å². The van der Waals surface area contributed by atoms with E-state index in [9.17, 15) is 33.9 Å². The molecule has 200 valence electrons. The fourth-order valence-electron chi connectivity index (χ4n) is 2.98. The van der Waals surface area contributed by atoms with Gasteiger partial charge in [-0.3, -0.25) is 24.0 Å². The lowest BCUT2D eigenvalue weighted by atomic mass is 10.1. The molecule has 11 N–H and O–H groups in total. The zero-order valence-electron chi connectivity index (χ0n) is 19.7. The second-order valence-electron chi connectivity index (χ2n) is 7.87. The highest BCUT2D eigenvalue weighted by molar-refractivity contribution is 7.98. The molecule has 1 aromatic rings. The van der Waals surface area contributed by atoms with Gasteiger partial charge in [0, 0.05) is 24.7 Å². The number of carbonyl (C=O) groups excluding carboxylic acids is 5. The molecule has 1 aromatic heterocycles. The molecular formula is C20H32N8O7S. The first-order valence-corrected chi connectivity index (χ1v) is 12.3. The number of aromatic nitrogens is 2. The fourth-order valence-corrected chi connectivity index (χ4v) is 3.47. The molecule has 1 rings (SSSR count). The summed E-state index contributed by atoms with van der Waals surface area (Å²) in [5, 5.41) is 16.3. The normalized spacial score (nSPS) is 14.1. The minimum Gasteiger partial charge on any atom is -0.480 e. The van der Waals surface area contributed by atoms with Gasteiger partial charge in [-0.05, 0) is 24.9 Å². The zero-order chi connectivity index (χ0) is 27.3. The molecule has 0 saturated carbocycles. The predicted molar refractivity (Wildman–Crippen MR) is 129 cm³/mol. The third-order valence-corrected chi connectivity index (χ3v) is 5.56. The lowest BCUT2D eigenvalue weighted by Crippen LogP contribution is -2.58. The highest BCUT2D eigenvalue weighted by atomic mass is 32.2. The van der Waals surface area contributed by atoms with Crippen LogP contribution in [0.1, 0.15) is 31.4 Å². The zero-order valence-corrected chi connectivity index (χ0v) is 20.5. The molecule has 0 aliphatic rings. The summed E-state index contributed by atoms with van der Waals surface area (Å²) in [6.45, 7) is 0. The third-order valence-electron chi connectivity index (χ3n) is 4.91. The van der Waals surface area contributed by atoms with Crippen LogP contribution in [0.15, 0.2) is 12.5 Å². The largest absolute Gasteiger partial charge is 0.480 e. The second kappa shape index (κ2) is 15.4. The number of nitrogens with zero attached hydrogens (tertiary/aromatic N) is 1. The van der Waals surface area contributed by atoms with Crippen molar-refractivity contribution in [1.29, 1.82) is 0 Å². The van der Waals surface area contributed by atoms with E-state index in [1.54, 1.807) is 0 Å². The van der Waals surface area contributed by atoms with Crippen molar-refractivity contribution in [2.75, 3.05) is 12.0 Å². The Kier molecular flexibility index (Phi) is 13.0. The average Bonchev–Trinajstić information content (AvgIpc) is 3.31. The summed E-state index contributed by atoms with van der Waals surface area (Å²) >= 11 is 1.50. The van der Waals surface area contributed by atoms with Crippen molar-refractivity contribution in [3.05, 3.63) is 18.2 Å². The summed E-state index contributed by atoms with van der Waals surface area (Å²) < 4.78 is 0. The molecule has 0 aliphatic heterocycles. The van der Waals surface area contributed by atoms with Crippen LogP contribution in [0.5, 0.6) is 0 Å². The van der Waals surface area contributed by atoms with Crippen LogP contribution in [0.25, 0.3) is 0 Å². The minimum absolute atomic E-state index is 0.0475. The van der Waals surface area contributed by atoms with Gasteiger partial charge in [0.05, 0.1) is 18.8 Å². The number of hydrogen-bond acceptors (Lipinski definition) is 9. The smallest absolute Gasteiger partial charge is 0.326 e. The predicted octanol–water partition coefficient (Wildman–Crippen LogP) is -3.29. The molecule has 4 atom stereocenters. The van der Waals surface area contributed by atoms with Crippen molar-refractivity contribution >= 4 is 47.3 Å². The molecule has 1 heterocycles. The van der Waals surface area contributed by atoms with E-state index < -0.39 is 66.1 Å². The van der Waals surface area contributed by atoms with Crippen molar-refractivity contribution in [2.24, 2.45) is 17.2 Å². The molecule has 36 heavy (non-hydrogen) atoms. The van der Waals surface area contributed by atoms with Crippen LogP contribution in [0.4, 0.5) is 0 Å². The summed E-state index contributed by atoms with van der Waals surface area (Å²) in [5.74, 6) is -5.02. The lowest BCUT2D eigenvalue weighted by Gasteiger charge is -2.24. The highest BCUT2D eigenvalue weighted by Crippen LogP contribution is 2.05. The van der Waals surface area contributed by atoms with Crippen molar-refractivity contribution in [3.63, 3.8) is 0 Å². The van der Waals surface area contributed by atoms with Crippen LogP contribution >= 0.6 is 11.8 Å². The first-order valence-electron chi connectivity index (χ1n) is 10.9. The van der Waals surface area contributed by atoms with E-state index in [1.807, 2.05) is 6.26 Å². The van der Waals surface area contributed by atoms with Crippen LogP contribution in [-0.2, 0) is 35.2 Å². The Morgan fingerprint density at radius 3 is 2.11 bits per heavy atom. The number of aliphatic carboxylic acids is 1. The molecule has 0 radical (unpaired) electrons. The van der Waals surface area contributed by atoms with Crippen LogP contribution < -0.4 is 33.2 Å². The molecule has 4 unspecified atom stereocenters. The van der Waals surface area contributed by atoms with Gasteiger partial charge in [0.25, 0.3) is 0 Å². The SMILES string of the molecule is CSCCC(N)C(=O)NC(Cc1cnc[nH]1)C(=O)NC(CC(N)=O)C(=O)NC(CCC(N)=O)C(=O)O. The van der Waals surface area contributed by atoms with E-state index in [1.165, 1.54) is 24.3 Å². The van der Waals surface area contributed by atoms with Gasteiger partial charge in [0.1, 0.15) is 18.1 Å². The molecule has 15 nitrogen and oxygen atoms in total. The van der Waals surface area contributed by atoms with Crippen molar-refractivity contribution in [1.82, 2.24) is 25.9 Å². The van der Waals surface area contributed by atoms with Crippen LogP contribution in [0.3, 0.4) is 0 Å². The Labute approximate surface area is 211 Å². The summed E-state index contributed by atoms with van der Waals surface area (Å²) in [6.07, 6.45) is 3.69. The van der Waals surface area contributed by atoms with Crippen molar-refractivity contribution in [3.8, 4) is 0 Å². The maximum atomic E-state index is 13.1. The number of imidazole rings is 1. The van der Waals surface area contributed by atoms with E-state index >= 15 is 0 Å². The number of hydrogen-bond donors (Lipinski definition) is 8. The fraction of sp³-hybridized carbons (Fsp3) is 0.550. The molecule has 0 aromatic carbocycles. The van der Waals surface area contributed by atoms with Gasteiger partial charge in [-0.25, -0.2) is 9.78 Å². The van der Waals surface area contributed by atoms with Gasteiger partial charge in [-0.15, -0.1) is 0 Å². The number of aromatic amines is 1. The van der Waals surface area contributed by atoms with Gasteiger partial charge in [-0.1, -0.05) is 0 Å². The minimum atomic E-state index is -1.56. The van der Waals surface area contributed by atoms with Crippen LogP contribution in [-0.4, -0.2) is 86.8 Å². The number of primary amides is 2. The summed E-state index contributed by atoms with van der Waals surface area (Å²) in [5.41, 5.74) is 16.6. The van der Waals surface area contributed by atoms with Crippen molar-refractivity contribution < 1.29 is 33.9 Å². The number of carboxylic acids is 1. The summed E-state index contributed by atoms with van der Waals surface area (Å²) in [7, 11) is 0. The summed E-state index contributed by atoms with van der Waals surface area (Å²) in [4.78, 5) is 78.9. The molecule has 0 saturated heterocycles. The van der Waals surface area contributed by atoms with Gasteiger partial charge >= 0.3 is 5.97 Å². The highest BCUT2D eigenvalue weighted by Gasteiger charge is 2.31. The summed E-state index contributed by atoms with van der Waals surface area (Å²) in [6, 6.07) is -5.17. The number of nitrogens with two attached hydrogens (primary N) is 3. The molecule has 0 aliphatic carbocycles. The number of carboxylic acid groups (broad SMARTS) is 1. The number of nitrogens with one attached hydrogen (secondary N) is 4. The maximum Gasteiger partial charge on any atom is 0.326 e. The number of thioether (sulfide) groups is 1. The monoisotopic (exact) mass is 528 g/mol. The first-order chi connectivity index (χ1) is 16.9. The Morgan fingerprint density at radius 2 is 1.58 bits per heavy atom. The number of carbonyl (C=O) groups is 6. The van der Waals surface area contributed by atoms with Gasteiger partial charge in [0.2, 0.25) is 29.5 Å². The lowest BCUT2D eigenvalue weighted by molar-refractivity contribution is -0.142. The van der Waals surface area contributed by atoms with E-state index in [2.05, 4.69) is 25.9 Å². The van der Waals surface area contributed by atoms with E-state index in [-0.39, 0.29) is 19.3 Å². The van der Waals surface area contributed by atoms with E-state index in [0.717, 1.165) is 0 Å². The van der Waals surface area contributed by atoms with Gasteiger partial charge < -0.3 is 43.2 Å². The van der Waals surface area contributed by atoms with Gasteiger partial charge in [0.15, 0.2) is 0 Å². The number of rotatable bonds is 17. The van der Waals surface area contributed by atoms with E-state index in [4.69, 9.17) is 17.2 Å². The second-order valence-corrected chi connectivity index (χ2v) is 8.85. The maximum absolute atomic E-state index is 13.1. The van der Waals surface area contributed by atoms with Gasteiger partial charge in [-0.2, -0.15) is 11.8 Å². The third kappa shape index (κ3) is 11.2. The Balaban J connectivity index is 3.03. The molecule has 0 bridgehead atoms. The van der Waals surface area contributed by atoms with E-state index in [0.29, 0.717) is 17.9 Å². The Bertz CT molecular complexity index is 927. The number of H-pyrrole nitrogens is 1. The quantitative estimate of drug-likeness (QED) is 0.0998.